The molecule has 0 saturated heterocycles. The Labute approximate surface area is 98.7 Å². The third-order valence-electron chi connectivity index (χ3n) is 2.50. The molecule has 0 radical (unpaired) electrons. The van der Waals surface area contributed by atoms with Crippen molar-refractivity contribution >= 4 is 16.5 Å². The monoisotopic (exact) mass is 215 g/mol. The van der Waals surface area contributed by atoms with Gasteiger partial charge in [-0.15, -0.1) is 0 Å². The van der Waals surface area contributed by atoms with Crippen LogP contribution >= 0.6 is 0 Å². The Morgan fingerprint density at radius 1 is 0.812 bits per heavy atom. The second-order valence-electron chi connectivity index (χ2n) is 3.93. The molecule has 0 unspecified atom stereocenters. The highest BCUT2D eigenvalue weighted by Gasteiger charge is 1.97. The number of benzene rings is 2. The van der Waals surface area contributed by atoms with Gasteiger partial charge in [0.1, 0.15) is 0 Å². The molecule has 0 N–H and O–H groups in total. The van der Waals surface area contributed by atoms with Crippen molar-refractivity contribution in [3.05, 3.63) is 42.0 Å². The van der Waals surface area contributed by atoms with Gasteiger partial charge in [-0.2, -0.15) is 0 Å². The van der Waals surface area contributed by atoms with Crippen molar-refractivity contribution in [3.8, 4) is 0 Å². The summed E-state index contributed by atoms with van der Waals surface area (Å²) in [6.07, 6.45) is 0. The molecule has 0 amide bonds. The fourth-order valence-electron chi connectivity index (χ4n) is 1.63. The normalized spacial score (nSPS) is 9.56. The largest absolute Gasteiger partial charge is 0.378 e. The molecule has 0 aliphatic heterocycles. The standard InChI is InChI=1S/C13H15N.C2H6/c1-10-4-5-12-9-13(14(2)3)7-6-11(12)8-10;1-2/h4-9H,1-3H3;1-2H3. The molecule has 0 aromatic heterocycles. The number of hydrogen-bond acceptors (Lipinski definition) is 1. The first kappa shape index (κ1) is 12.6. The molecule has 2 aromatic carbocycles. The summed E-state index contributed by atoms with van der Waals surface area (Å²) in [5.41, 5.74) is 2.57. The van der Waals surface area contributed by atoms with Gasteiger partial charge in [0.15, 0.2) is 0 Å². The number of rotatable bonds is 1. The van der Waals surface area contributed by atoms with Crippen LogP contribution in [0.4, 0.5) is 5.69 Å². The van der Waals surface area contributed by atoms with Crippen LogP contribution in [0.25, 0.3) is 10.8 Å². The van der Waals surface area contributed by atoms with Gasteiger partial charge >= 0.3 is 0 Å². The van der Waals surface area contributed by atoms with Crippen molar-refractivity contribution < 1.29 is 0 Å². The highest BCUT2D eigenvalue weighted by atomic mass is 15.1. The van der Waals surface area contributed by atoms with Crippen LogP contribution < -0.4 is 4.90 Å². The van der Waals surface area contributed by atoms with E-state index in [1.807, 2.05) is 13.8 Å². The topological polar surface area (TPSA) is 3.24 Å². The van der Waals surface area contributed by atoms with Crippen molar-refractivity contribution in [2.45, 2.75) is 20.8 Å². The highest BCUT2D eigenvalue weighted by Crippen LogP contribution is 2.21. The molecule has 16 heavy (non-hydrogen) atoms. The third-order valence-corrected chi connectivity index (χ3v) is 2.50. The summed E-state index contributed by atoms with van der Waals surface area (Å²) >= 11 is 0. The van der Waals surface area contributed by atoms with E-state index in [0.717, 1.165) is 0 Å². The molecule has 0 spiro atoms. The molecule has 0 bridgehead atoms. The summed E-state index contributed by atoms with van der Waals surface area (Å²) in [6, 6.07) is 13.1. The number of anilines is 1. The predicted octanol–water partition coefficient (Wildman–Crippen LogP) is 4.24. The van der Waals surface area contributed by atoms with Gasteiger partial charge in [0.2, 0.25) is 0 Å². The van der Waals surface area contributed by atoms with Gasteiger partial charge in [0.25, 0.3) is 0 Å². The number of hydrogen-bond donors (Lipinski definition) is 0. The van der Waals surface area contributed by atoms with Crippen LogP contribution in [0.5, 0.6) is 0 Å². The highest BCUT2D eigenvalue weighted by molar-refractivity contribution is 5.86. The molecule has 0 fully saturated rings. The van der Waals surface area contributed by atoms with Gasteiger partial charge in [-0.05, 0) is 29.8 Å². The van der Waals surface area contributed by atoms with Gasteiger partial charge in [-0.1, -0.05) is 43.7 Å². The molecule has 2 aromatic rings. The minimum absolute atomic E-state index is 1.25. The first-order chi connectivity index (χ1) is 7.66. The number of nitrogens with zero attached hydrogens (tertiary/aromatic N) is 1. The van der Waals surface area contributed by atoms with Crippen molar-refractivity contribution in [1.29, 1.82) is 0 Å². The van der Waals surface area contributed by atoms with Crippen LogP contribution in [0.3, 0.4) is 0 Å². The van der Waals surface area contributed by atoms with E-state index >= 15 is 0 Å². The maximum absolute atomic E-state index is 2.22. The molecule has 0 saturated carbocycles. The van der Waals surface area contributed by atoms with E-state index in [9.17, 15) is 0 Å². The zero-order valence-corrected chi connectivity index (χ0v) is 10.9. The lowest BCUT2D eigenvalue weighted by Gasteiger charge is -2.13. The Morgan fingerprint density at radius 3 is 2.00 bits per heavy atom. The molecule has 0 aliphatic rings. The van der Waals surface area contributed by atoms with Gasteiger partial charge in [-0.3, -0.25) is 0 Å². The van der Waals surface area contributed by atoms with E-state index in [4.69, 9.17) is 0 Å². The van der Waals surface area contributed by atoms with Crippen LogP contribution in [0.15, 0.2) is 36.4 Å². The lowest BCUT2D eigenvalue weighted by molar-refractivity contribution is 1.13. The quantitative estimate of drug-likeness (QED) is 0.687. The molecular formula is C15H21N. The molecule has 0 heterocycles. The van der Waals surface area contributed by atoms with Crippen molar-refractivity contribution in [2.75, 3.05) is 19.0 Å². The van der Waals surface area contributed by atoms with Crippen LogP contribution in [-0.2, 0) is 0 Å². The fourth-order valence-corrected chi connectivity index (χ4v) is 1.63. The predicted molar refractivity (Wildman–Crippen MR) is 74.4 cm³/mol. The van der Waals surface area contributed by atoms with Crippen molar-refractivity contribution in [1.82, 2.24) is 0 Å². The van der Waals surface area contributed by atoms with Gasteiger partial charge in [0, 0.05) is 19.8 Å². The first-order valence-electron chi connectivity index (χ1n) is 5.84. The zero-order valence-electron chi connectivity index (χ0n) is 10.9. The smallest absolute Gasteiger partial charge is 0.0367 e. The van der Waals surface area contributed by atoms with E-state index in [1.54, 1.807) is 0 Å². The van der Waals surface area contributed by atoms with E-state index in [0.29, 0.717) is 0 Å². The molecule has 0 atom stereocenters. The van der Waals surface area contributed by atoms with Crippen LogP contribution in [0.1, 0.15) is 19.4 Å². The summed E-state index contributed by atoms with van der Waals surface area (Å²) in [5, 5.41) is 2.62. The Balaban J connectivity index is 0.000000606. The Bertz CT molecular complexity index is 458. The Kier molecular flexibility index (Phi) is 4.36. The van der Waals surface area contributed by atoms with E-state index in [2.05, 4.69) is 62.3 Å². The van der Waals surface area contributed by atoms with E-state index in [1.165, 1.54) is 22.0 Å². The first-order valence-corrected chi connectivity index (χ1v) is 5.84. The summed E-state index contributed by atoms with van der Waals surface area (Å²) < 4.78 is 0. The summed E-state index contributed by atoms with van der Waals surface area (Å²) in [5.74, 6) is 0. The van der Waals surface area contributed by atoms with E-state index in [-0.39, 0.29) is 0 Å². The number of aryl methyl sites for hydroxylation is 1. The second-order valence-corrected chi connectivity index (χ2v) is 3.93. The summed E-state index contributed by atoms with van der Waals surface area (Å²) in [4.78, 5) is 2.12. The molecule has 1 nitrogen and oxygen atoms in total. The van der Waals surface area contributed by atoms with Crippen LogP contribution in [0.2, 0.25) is 0 Å². The minimum Gasteiger partial charge on any atom is -0.378 e. The van der Waals surface area contributed by atoms with E-state index < -0.39 is 0 Å². The average Bonchev–Trinajstić information content (AvgIpc) is 2.30. The molecule has 0 aliphatic carbocycles. The third kappa shape index (κ3) is 2.75. The van der Waals surface area contributed by atoms with Gasteiger partial charge < -0.3 is 4.90 Å². The fraction of sp³-hybridized carbons (Fsp3) is 0.333. The maximum atomic E-state index is 2.22. The molecule has 86 valence electrons. The Morgan fingerprint density at radius 2 is 1.38 bits per heavy atom. The summed E-state index contributed by atoms with van der Waals surface area (Å²) in [7, 11) is 4.13. The zero-order chi connectivity index (χ0) is 12.1. The van der Waals surface area contributed by atoms with Gasteiger partial charge in [-0.25, -0.2) is 0 Å². The molecule has 1 heteroatoms. The molecular weight excluding hydrogens is 194 g/mol. The van der Waals surface area contributed by atoms with Crippen molar-refractivity contribution in [2.24, 2.45) is 0 Å². The second kappa shape index (κ2) is 5.55. The van der Waals surface area contributed by atoms with Crippen molar-refractivity contribution in [3.63, 3.8) is 0 Å². The summed E-state index contributed by atoms with van der Waals surface area (Å²) in [6.45, 7) is 6.12. The number of fused-ring (bicyclic) bond motifs is 1. The molecule has 2 rings (SSSR count). The lowest BCUT2D eigenvalue weighted by atomic mass is 10.1. The van der Waals surface area contributed by atoms with Crippen LogP contribution in [-0.4, -0.2) is 14.1 Å². The maximum Gasteiger partial charge on any atom is 0.0367 e. The average molecular weight is 215 g/mol. The minimum atomic E-state index is 1.25. The Hall–Kier alpha value is -1.50. The van der Waals surface area contributed by atoms with Crippen LogP contribution in [0, 0.1) is 6.92 Å². The SMILES string of the molecule is CC.Cc1ccc2cc(N(C)C)ccc2c1. The van der Waals surface area contributed by atoms with Gasteiger partial charge in [0.05, 0.1) is 0 Å². The lowest BCUT2D eigenvalue weighted by Crippen LogP contribution is -2.07.